The van der Waals surface area contributed by atoms with Crippen LogP contribution in [0.2, 0.25) is 0 Å². The molecule has 1 amide bonds. The highest BCUT2D eigenvalue weighted by Gasteiger charge is 2.52. The van der Waals surface area contributed by atoms with Crippen molar-refractivity contribution in [2.75, 3.05) is 26.7 Å². The zero-order valence-electron chi connectivity index (χ0n) is 8.08. The van der Waals surface area contributed by atoms with E-state index in [1.54, 1.807) is 0 Å². The molecule has 2 unspecified atom stereocenters. The lowest BCUT2D eigenvalue weighted by Crippen LogP contribution is -2.34. The molecule has 0 spiro atoms. The number of methoxy groups -OCH3 is 1. The lowest BCUT2D eigenvalue weighted by atomic mass is 10.3. The fourth-order valence-electron chi connectivity index (χ4n) is 2.22. The molecule has 2 rings (SSSR count). The maximum atomic E-state index is 11.0. The number of ether oxygens (including phenoxy) is 1. The van der Waals surface area contributed by atoms with Crippen molar-refractivity contribution < 1.29 is 14.3 Å². The lowest BCUT2D eigenvalue weighted by molar-refractivity contribution is -0.152. The molecule has 2 aliphatic rings. The summed E-state index contributed by atoms with van der Waals surface area (Å²) < 4.78 is 4.30. The summed E-state index contributed by atoms with van der Waals surface area (Å²) in [5.74, 6) is 0.519. The van der Waals surface area contributed by atoms with E-state index >= 15 is 0 Å². The average molecular weight is 198 g/mol. The molecular formula is C9H14N2O3. The van der Waals surface area contributed by atoms with E-state index in [-0.39, 0.29) is 0 Å². The Morgan fingerprint density at radius 3 is 2.64 bits per heavy atom. The Labute approximate surface area is 82.2 Å². The van der Waals surface area contributed by atoms with Crippen molar-refractivity contribution in [1.82, 2.24) is 10.6 Å². The zero-order chi connectivity index (χ0) is 10.1. The molecule has 0 radical (unpaired) electrons. The van der Waals surface area contributed by atoms with Crippen molar-refractivity contribution >= 4 is 11.9 Å². The molecule has 0 aromatic heterocycles. The average Bonchev–Trinajstić information content (AvgIpc) is 2.63. The number of rotatable bonds is 2. The van der Waals surface area contributed by atoms with Gasteiger partial charge in [-0.05, 0) is 30.8 Å². The number of hydrogen-bond donors (Lipinski definition) is 2. The predicted octanol–water partition coefficient (Wildman–Crippen LogP) is -1.26. The molecule has 78 valence electrons. The van der Waals surface area contributed by atoms with Crippen molar-refractivity contribution in [3.8, 4) is 0 Å². The van der Waals surface area contributed by atoms with Crippen LogP contribution in [0.25, 0.3) is 0 Å². The van der Waals surface area contributed by atoms with Gasteiger partial charge in [-0.2, -0.15) is 0 Å². The van der Waals surface area contributed by atoms with Gasteiger partial charge >= 0.3 is 11.9 Å². The van der Waals surface area contributed by atoms with Crippen LogP contribution in [0.3, 0.4) is 0 Å². The molecule has 5 nitrogen and oxygen atoms in total. The highest BCUT2D eigenvalue weighted by molar-refractivity contribution is 6.32. The van der Waals surface area contributed by atoms with Gasteiger partial charge in [0.15, 0.2) is 0 Å². The summed E-state index contributed by atoms with van der Waals surface area (Å²) >= 11 is 0. The molecule has 14 heavy (non-hydrogen) atoms. The predicted molar refractivity (Wildman–Crippen MR) is 48.4 cm³/mol. The van der Waals surface area contributed by atoms with Crippen LogP contribution in [0.4, 0.5) is 0 Å². The summed E-state index contributed by atoms with van der Waals surface area (Å²) in [6.45, 7) is 2.69. The number of nitrogens with one attached hydrogen (secondary N) is 2. The number of carbonyl (C=O) groups is 2. The van der Waals surface area contributed by atoms with Crippen LogP contribution >= 0.6 is 0 Å². The fourth-order valence-corrected chi connectivity index (χ4v) is 2.22. The van der Waals surface area contributed by atoms with Crippen LogP contribution < -0.4 is 10.6 Å². The fraction of sp³-hybridized carbons (Fsp3) is 0.778. The molecule has 2 fully saturated rings. The van der Waals surface area contributed by atoms with Crippen molar-refractivity contribution in [2.24, 2.45) is 17.8 Å². The highest BCUT2D eigenvalue weighted by Crippen LogP contribution is 2.47. The van der Waals surface area contributed by atoms with E-state index in [0.717, 1.165) is 13.1 Å². The van der Waals surface area contributed by atoms with Gasteiger partial charge in [0.2, 0.25) is 0 Å². The first kappa shape index (κ1) is 9.45. The summed E-state index contributed by atoms with van der Waals surface area (Å²) in [6, 6.07) is 0. The molecule has 0 bridgehead atoms. The molecule has 2 N–H and O–H groups in total. The van der Waals surface area contributed by atoms with Crippen LogP contribution in [0.1, 0.15) is 0 Å². The Hall–Kier alpha value is -1.10. The first-order valence-corrected chi connectivity index (χ1v) is 4.81. The normalized spacial score (nSPS) is 33.4. The summed E-state index contributed by atoms with van der Waals surface area (Å²) in [7, 11) is 1.21. The standard InChI is InChI=1S/C9H14N2O3/c1-14-9(13)8(12)11-4-7-5-2-10-3-6(5)7/h5-7,10H,2-4H2,1H3,(H,11,12). The second-order valence-corrected chi connectivity index (χ2v) is 3.85. The van der Waals surface area contributed by atoms with Crippen LogP contribution in [0, 0.1) is 17.8 Å². The minimum atomic E-state index is -0.811. The second kappa shape index (κ2) is 3.57. The second-order valence-electron chi connectivity index (χ2n) is 3.85. The number of fused-ring (bicyclic) bond motifs is 1. The molecule has 1 aliphatic heterocycles. The molecule has 0 aromatic carbocycles. The van der Waals surface area contributed by atoms with Gasteiger partial charge in [-0.1, -0.05) is 0 Å². The molecule has 1 aliphatic carbocycles. The summed E-state index contributed by atoms with van der Waals surface area (Å²) in [6.07, 6.45) is 0. The van der Waals surface area contributed by atoms with Crippen LogP contribution in [-0.4, -0.2) is 38.6 Å². The van der Waals surface area contributed by atoms with E-state index in [1.165, 1.54) is 7.11 Å². The van der Waals surface area contributed by atoms with Crippen molar-refractivity contribution in [1.29, 1.82) is 0 Å². The third kappa shape index (κ3) is 1.59. The molecule has 2 atom stereocenters. The third-order valence-corrected chi connectivity index (χ3v) is 3.14. The quantitative estimate of drug-likeness (QED) is 0.429. The van der Waals surface area contributed by atoms with Crippen molar-refractivity contribution in [3.63, 3.8) is 0 Å². The van der Waals surface area contributed by atoms with Crippen LogP contribution in [0.5, 0.6) is 0 Å². The Bertz CT molecular complexity index is 257. The monoisotopic (exact) mass is 198 g/mol. The molecule has 5 heteroatoms. The molecule has 1 heterocycles. The smallest absolute Gasteiger partial charge is 0.396 e. The van der Waals surface area contributed by atoms with E-state index in [4.69, 9.17) is 0 Å². The summed E-state index contributed by atoms with van der Waals surface area (Å²) in [5, 5.41) is 5.85. The number of carbonyl (C=O) groups excluding carboxylic acids is 2. The maximum Gasteiger partial charge on any atom is 0.396 e. The Morgan fingerprint density at radius 2 is 2.07 bits per heavy atom. The third-order valence-electron chi connectivity index (χ3n) is 3.14. The summed E-state index contributed by atoms with van der Waals surface area (Å²) in [4.78, 5) is 21.8. The molecule has 1 saturated carbocycles. The van der Waals surface area contributed by atoms with Gasteiger partial charge in [0, 0.05) is 6.54 Å². The molecular weight excluding hydrogens is 184 g/mol. The van der Waals surface area contributed by atoms with Crippen molar-refractivity contribution in [3.05, 3.63) is 0 Å². The van der Waals surface area contributed by atoms with Crippen LogP contribution in [-0.2, 0) is 14.3 Å². The minimum Gasteiger partial charge on any atom is -0.462 e. The number of amides is 1. The topological polar surface area (TPSA) is 67.4 Å². The first-order valence-electron chi connectivity index (χ1n) is 4.81. The van der Waals surface area contributed by atoms with Crippen molar-refractivity contribution in [2.45, 2.75) is 0 Å². The van der Waals surface area contributed by atoms with E-state index < -0.39 is 11.9 Å². The van der Waals surface area contributed by atoms with E-state index in [9.17, 15) is 9.59 Å². The zero-order valence-corrected chi connectivity index (χ0v) is 8.08. The van der Waals surface area contributed by atoms with Crippen LogP contribution in [0.15, 0.2) is 0 Å². The number of esters is 1. The van der Waals surface area contributed by atoms with Gasteiger partial charge in [-0.15, -0.1) is 0 Å². The SMILES string of the molecule is COC(=O)C(=O)NCC1C2CNCC21. The van der Waals surface area contributed by atoms with Gasteiger partial charge in [-0.3, -0.25) is 4.79 Å². The van der Waals surface area contributed by atoms with Gasteiger partial charge in [-0.25, -0.2) is 4.79 Å². The molecule has 1 saturated heterocycles. The van der Waals surface area contributed by atoms with Gasteiger partial charge < -0.3 is 15.4 Å². The molecule has 0 aromatic rings. The van der Waals surface area contributed by atoms with Gasteiger partial charge in [0.25, 0.3) is 0 Å². The van der Waals surface area contributed by atoms with E-state index in [2.05, 4.69) is 15.4 Å². The van der Waals surface area contributed by atoms with E-state index in [1.807, 2.05) is 0 Å². The minimum absolute atomic E-state index is 0.560. The first-order chi connectivity index (χ1) is 6.74. The number of hydrogen-bond acceptors (Lipinski definition) is 4. The Balaban J connectivity index is 1.69. The number of piperidine rings is 1. The Kier molecular flexibility index (Phi) is 2.41. The largest absolute Gasteiger partial charge is 0.462 e. The maximum absolute atomic E-state index is 11.0. The summed E-state index contributed by atoms with van der Waals surface area (Å²) in [5.41, 5.74) is 0. The van der Waals surface area contributed by atoms with Gasteiger partial charge in [0.1, 0.15) is 0 Å². The van der Waals surface area contributed by atoms with Gasteiger partial charge in [0.05, 0.1) is 7.11 Å². The Morgan fingerprint density at radius 1 is 1.43 bits per heavy atom. The van der Waals surface area contributed by atoms with E-state index in [0.29, 0.717) is 24.3 Å². The lowest BCUT2D eigenvalue weighted by Gasteiger charge is -2.05. The highest BCUT2D eigenvalue weighted by atomic mass is 16.5.